The Morgan fingerprint density at radius 3 is 2.55 bits per heavy atom. The fraction of sp³-hybridized carbons (Fsp3) is 0.267. The van der Waals surface area contributed by atoms with E-state index in [0.717, 1.165) is 17.0 Å². The third kappa shape index (κ3) is 3.28. The average molecular weight is 294 g/mol. The van der Waals surface area contributed by atoms with Crippen LogP contribution in [-0.2, 0) is 4.79 Å². The van der Waals surface area contributed by atoms with E-state index < -0.39 is 0 Å². The summed E-state index contributed by atoms with van der Waals surface area (Å²) in [7, 11) is 1.66. The van der Waals surface area contributed by atoms with E-state index in [9.17, 15) is 4.79 Å². The second-order valence-corrected chi connectivity index (χ2v) is 4.88. The van der Waals surface area contributed by atoms with Crippen LogP contribution >= 0.6 is 0 Å². The van der Waals surface area contributed by atoms with Crippen molar-refractivity contribution in [3.8, 4) is 12.1 Å². The molecule has 7 heteroatoms. The number of hydrogen-bond donors (Lipinski definition) is 1. The highest BCUT2D eigenvalue weighted by Gasteiger charge is 2.21. The van der Waals surface area contributed by atoms with E-state index in [1.165, 1.54) is 5.01 Å². The molecule has 0 saturated heterocycles. The predicted molar refractivity (Wildman–Crippen MR) is 82.0 cm³/mol. The van der Waals surface area contributed by atoms with E-state index in [1.54, 1.807) is 19.2 Å². The van der Waals surface area contributed by atoms with Crippen molar-refractivity contribution in [3.05, 3.63) is 29.8 Å². The molecule has 7 nitrogen and oxygen atoms in total. The second-order valence-electron chi connectivity index (χ2n) is 4.88. The van der Waals surface area contributed by atoms with Gasteiger partial charge in [0.2, 0.25) is 11.6 Å². The fourth-order valence-corrected chi connectivity index (χ4v) is 2.13. The number of carbonyl (C=O) groups is 1. The maximum Gasteiger partial charge on any atom is 0.240 e. The number of carbonyl (C=O) groups excluding carboxylic acids is 1. The lowest BCUT2D eigenvalue weighted by Crippen LogP contribution is -2.31. The normalized spacial score (nSPS) is 16.6. The number of amides is 1. The van der Waals surface area contributed by atoms with Crippen LogP contribution in [0.25, 0.3) is 0 Å². The van der Waals surface area contributed by atoms with Gasteiger partial charge < -0.3 is 0 Å². The minimum absolute atomic E-state index is 0.0548. The van der Waals surface area contributed by atoms with Gasteiger partial charge in [-0.05, 0) is 17.7 Å². The smallest absolute Gasteiger partial charge is 0.240 e. The van der Waals surface area contributed by atoms with Crippen molar-refractivity contribution in [1.29, 1.82) is 10.5 Å². The summed E-state index contributed by atoms with van der Waals surface area (Å²) in [5.41, 5.74) is 4.75. The van der Waals surface area contributed by atoms with Crippen LogP contribution in [-0.4, -0.2) is 24.4 Å². The molecule has 0 spiro atoms. The molecular weight excluding hydrogens is 280 g/mol. The molecule has 110 valence electrons. The van der Waals surface area contributed by atoms with Crippen molar-refractivity contribution in [1.82, 2.24) is 5.43 Å². The zero-order chi connectivity index (χ0) is 16.1. The number of hydrogen-bond acceptors (Lipinski definition) is 6. The molecule has 2 rings (SSSR count). The van der Waals surface area contributed by atoms with Crippen molar-refractivity contribution in [2.45, 2.75) is 13.3 Å². The molecule has 1 amide bonds. The maximum absolute atomic E-state index is 11.3. The Labute approximate surface area is 128 Å². The highest BCUT2D eigenvalue weighted by atomic mass is 16.2. The lowest BCUT2D eigenvalue weighted by Gasteiger charge is -2.20. The van der Waals surface area contributed by atoms with Crippen LogP contribution in [0.1, 0.15) is 18.9 Å². The summed E-state index contributed by atoms with van der Waals surface area (Å²) in [5, 5.41) is 26.9. The first-order valence-electron chi connectivity index (χ1n) is 6.64. The second kappa shape index (κ2) is 6.51. The molecule has 22 heavy (non-hydrogen) atoms. The standard InChI is InChI=1S/C15H14N6O/c1-10-7-14(22)18-19-15(10)11-3-5-13(6-4-11)21(2)20-12(8-16)9-17/h3-6,10H,7H2,1-2H3,(H,18,22). The molecule has 0 radical (unpaired) electrons. The largest absolute Gasteiger partial charge is 0.273 e. The summed E-state index contributed by atoms with van der Waals surface area (Å²) in [6.45, 7) is 1.95. The van der Waals surface area contributed by atoms with Crippen molar-refractivity contribution in [2.75, 3.05) is 12.1 Å². The van der Waals surface area contributed by atoms with Crippen LogP contribution in [0.5, 0.6) is 0 Å². The molecule has 1 aliphatic heterocycles. The van der Waals surface area contributed by atoms with Gasteiger partial charge in [-0.15, -0.1) is 0 Å². The average Bonchev–Trinajstić information content (AvgIpc) is 2.52. The molecule has 0 bridgehead atoms. The number of anilines is 1. The molecule has 1 N–H and O–H groups in total. The van der Waals surface area contributed by atoms with Crippen LogP contribution in [0, 0.1) is 28.6 Å². The van der Waals surface area contributed by atoms with E-state index >= 15 is 0 Å². The van der Waals surface area contributed by atoms with Gasteiger partial charge in [0.1, 0.15) is 12.1 Å². The maximum atomic E-state index is 11.3. The van der Waals surface area contributed by atoms with Crippen LogP contribution < -0.4 is 10.4 Å². The topological polar surface area (TPSA) is 105 Å². The summed E-state index contributed by atoms with van der Waals surface area (Å²) in [4.78, 5) is 11.3. The Kier molecular flexibility index (Phi) is 4.50. The van der Waals surface area contributed by atoms with Gasteiger partial charge in [0.05, 0.1) is 11.4 Å². The number of nitrogens with one attached hydrogen (secondary N) is 1. The van der Waals surface area contributed by atoms with Gasteiger partial charge in [-0.2, -0.15) is 20.7 Å². The molecule has 0 aliphatic carbocycles. The Balaban J connectivity index is 2.21. The van der Waals surface area contributed by atoms with E-state index in [2.05, 4.69) is 15.6 Å². The highest BCUT2D eigenvalue weighted by molar-refractivity contribution is 6.10. The Hall–Kier alpha value is -3.19. The number of nitriles is 2. The van der Waals surface area contributed by atoms with Gasteiger partial charge in [-0.25, -0.2) is 5.43 Å². The first-order valence-corrected chi connectivity index (χ1v) is 6.64. The Bertz CT molecular complexity index is 704. The Morgan fingerprint density at radius 2 is 2.00 bits per heavy atom. The molecule has 0 saturated carbocycles. The molecule has 1 aromatic carbocycles. The third-order valence-electron chi connectivity index (χ3n) is 3.26. The van der Waals surface area contributed by atoms with E-state index in [1.807, 2.05) is 31.2 Å². The fourth-order valence-electron chi connectivity index (χ4n) is 2.13. The molecule has 1 unspecified atom stereocenters. The molecule has 0 aromatic heterocycles. The summed E-state index contributed by atoms with van der Waals surface area (Å²) < 4.78 is 0. The van der Waals surface area contributed by atoms with Crippen molar-refractivity contribution in [2.24, 2.45) is 16.1 Å². The van der Waals surface area contributed by atoms with Crippen molar-refractivity contribution in [3.63, 3.8) is 0 Å². The van der Waals surface area contributed by atoms with Gasteiger partial charge >= 0.3 is 0 Å². The lowest BCUT2D eigenvalue weighted by atomic mass is 9.94. The minimum Gasteiger partial charge on any atom is -0.273 e. The zero-order valence-corrected chi connectivity index (χ0v) is 12.2. The molecule has 1 atom stereocenters. The third-order valence-corrected chi connectivity index (χ3v) is 3.26. The molecule has 0 fully saturated rings. The minimum atomic E-state index is -0.209. The van der Waals surface area contributed by atoms with Gasteiger partial charge in [-0.3, -0.25) is 9.80 Å². The lowest BCUT2D eigenvalue weighted by molar-refractivity contribution is -0.121. The zero-order valence-electron chi connectivity index (χ0n) is 12.2. The van der Waals surface area contributed by atoms with Gasteiger partial charge in [0.15, 0.2) is 0 Å². The summed E-state index contributed by atoms with van der Waals surface area (Å²) in [6, 6.07) is 10.8. The van der Waals surface area contributed by atoms with Crippen LogP contribution in [0.2, 0.25) is 0 Å². The quantitative estimate of drug-likeness (QED) is 0.671. The van der Waals surface area contributed by atoms with Gasteiger partial charge in [0, 0.05) is 19.4 Å². The summed E-state index contributed by atoms with van der Waals surface area (Å²) >= 11 is 0. The van der Waals surface area contributed by atoms with Crippen LogP contribution in [0.4, 0.5) is 5.69 Å². The monoisotopic (exact) mass is 294 g/mol. The SMILES string of the molecule is CC1CC(=O)NN=C1c1ccc(N(C)N=C(C#N)C#N)cc1. The summed E-state index contributed by atoms with van der Waals surface area (Å²) in [5.74, 6) is -0.0263. The van der Waals surface area contributed by atoms with E-state index in [0.29, 0.717) is 6.42 Å². The number of nitrogens with zero attached hydrogens (tertiary/aromatic N) is 5. The predicted octanol–water partition coefficient (Wildman–Crippen LogP) is 1.39. The first kappa shape index (κ1) is 15.2. The van der Waals surface area contributed by atoms with E-state index in [-0.39, 0.29) is 17.5 Å². The van der Waals surface area contributed by atoms with Crippen molar-refractivity contribution < 1.29 is 4.79 Å². The van der Waals surface area contributed by atoms with Crippen molar-refractivity contribution >= 4 is 23.0 Å². The number of hydrazone groups is 2. The molecule has 1 aromatic rings. The molecule has 1 aliphatic rings. The number of benzene rings is 1. The summed E-state index contributed by atoms with van der Waals surface area (Å²) in [6.07, 6.45) is 0.415. The molecule has 1 heterocycles. The van der Waals surface area contributed by atoms with Gasteiger partial charge in [-0.1, -0.05) is 19.1 Å². The van der Waals surface area contributed by atoms with Crippen LogP contribution in [0.15, 0.2) is 34.5 Å². The van der Waals surface area contributed by atoms with E-state index in [4.69, 9.17) is 10.5 Å². The first-order chi connectivity index (χ1) is 10.5. The highest BCUT2D eigenvalue weighted by Crippen LogP contribution is 2.20. The Morgan fingerprint density at radius 1 is 1.36 bits per heavy atom. The number of rotatable bonds is 3. The van der Waals surface area contributed by atoms with Crippen LogP contribution in [0.3, 0.4) is 0 Å². The van der Waals surface area contributed by atoms with Gasteiger partial charge in [0.25, 0.3) is 0 Å². The molecular formula is C15H14N6O.